The Hall–Kier alpha value is -5.85. The molecule has 0 bridgehead atoms. The molecule has 8 aromatic rings. The molecule has 0 unspecified atom stereocenters. The third-order valence-corrected chi connectivity index (χ3v) is 12.5. The number of aromatic nitrogens is 1. The SMILES string of the molecule is COc1ccc2c(c1)c1cc(OC)ccc1n2-c1ccc2cc3c(cc2c1)Cc1ccc(-c2ccc4c(c2)-c2ccccc2S4(=O)=O)cc1C3. The van der Waals surface area contributed by atoms with E-state index in [1.165, 1.54) is 33.0 Å². The normalized spacial score (nSPS) is 14.0. The van der Waals surface area contributed by atoms with Crippen LogP contribution in [0.25, 0.3) is 60.5 Å². The molecule has 7 aromatic carbocycles. The second kappa shape index (κ2) is 10.6. The molecule has 50 heavy (non-hydrogen) atoms. The Balaban J connectivity index is 1.02. The molecule has 2 heterocycles. The minimum atomic E-state index is -3.48. The van der Waals surface area contributed by atoms with Crippen molar-refractivity contribution in [2.45, 2.75) is 22.6 Å². The number of nitrogens with zero attached hydrogens (tertiary/aromatic N) is 1. The van der Waals surface area contributed by atoms with E-state index in [1.54, 1.807) is 32.4 Å². The van der Waals surface area contributed by atoms with Crippen LogP contribution >= 0.6 is 0 Å². The quantitative estimate of drug-likeness (QED) is 0.187. The summed E-state index contributed by atoms with van der Waals surface area (Å²) in [6, 6.07) is 43.7. The Morgan fingerprint density at radius 3 is 1.88 bits per heavy atom. The summed E-state index contributed by atoms with van der Waals surface area (Å²) in [6.45, 7) is 0. The van der Waals surface area contributed by atoms with Crippen LogP contribution in [-0.2, 0) is 22.7 Å². The van der Waals surface area contributed by atoms with Gasteiger partial charge in [-0.05, 0) is 124 Å². The van der Waals surface area contributed by atoms with Crippen molar-refractivity contribution in [3.63, 3.8) is 0 Å². The molecule has 0 amide bonds. The van der Waals surface area contributed by atoms with Gasteiger partial charge < -0.3 is 14.0 Å². The van der Waals surface area contributed by atoms with Crippen molar-refractivity contribution < 1.29 is 17.9 Å². The van der Waals surface area contributed by atoms with E-state index in [4.69, 9.17) is 9.47 Å². The lowest BCUT2D eigenvalue weighted by Crippen LogP contribution is -2.07. The van der Waals surface area contributed by atoms with Crippen LogP contribution in [0.1, 0.15) is 22.3 Å². The summed E-state index contributed by atoms with van der Waals surface area (Å²) in [5.41, 5.74) is 12.4. The molecule has 0 spiro atoms. The summed E-state index contributed by atoms with van der Waals surface area (Å²) in [5.74, 6) is 1.65. The number of hydrogen-bond acceptors (Lipinski definition) is 4. The van der Waals surface area contributed by atoms with Crippen molar-refractivity contribution in [2.24, 2.45) is 0 Å². The van der Waals surface area contributed by atoms with Crippen molar-refractivity contribution in [1.82, 2.24) is 4.57 Å². The molecule has 0 fully saturated rings. The van der Waals surface area contributed by atoms with Gasteiger partial charge in [0.15, 0.2) is 0 Å². The molecule has 242 valence electrons. The molecule has 1 aliphatic heterocycles. The molecular weight excluding hydrogens is 639 g/mol. The molecule has 10 rings (SSSR count). The van der Waals surface area contributed by atoms with Crippen LogP contribution in [0.4, 0.5) is 0 Å². The lowest BCUT2D eigenvalue weighted by Gasteiger charge is -2.22. The fraction of sp³-hybridized carbons (Fsp3) is 0.0909. The number of sulfone groups is 1. The van der Waals surface area contributed by atoms with Crippen LogP contribution in [0.2, 0.25) is 0 Å². The number of methoxy groups -OCH3 is 2. The Morgan fingerprint density at radius 2 is 1.14 bits per heavy atom. The molecule has 2 aliphatic rings. The van der Waals surface area contributed by atoms with Gasteiger partial charge in [0.2, 0.25) is 9.84 Å². The minimum Gasteiger partial charge on any atom is -0.497 e. The Kier molecular flexibility index (Phi) is 6.15. The molecule has 0 radical (unpaired) electrons. The van der Waals surface area contributed by atoms with Crippen LogP contribution in [0.3, 0.4) is 0 Å². The topological polar surface area (TPSA) is 57.5 Å². The average Bonchev–Trinajstić information content (AvgIpc) is 3.59. The largest absolute Gasteiger partial charge is 0.497 e. The average molecular weight is 670 g/mol. The maximum Gasteiger partial charge on any atom is 0.207 e. The second-order valence-electron chi connectivity index (χ2n) is 13.3. The van der Waals surface area contributed by atoms with Crippen LogP contribution in [-0.4, -0.2) is 27.2 Å². The molecule has 0 N–H and O–H groups in total. The Bertz CT molecular complexity index is 2800. The second-order valence-corrected chi connectivity index (χ2v) is 15.2. The maximum atomic E-state index is 13.1. The highest BCUT2D eigenvalue weighted by molar-refractivity contribution is 7.92. The van der Waals surface area contributed by atoms with Crippen molar-refractivity contribution >= 4 is 42.4 Å². The van der Waals surface area contributed by atoms with Gasteiger partial charge in [0.25, 0.3) is 0 Å². The summed E-state index contributed by atoms with van der Waals surface area (Å²) < 4.78 is 39.8. The first-order valence-electron chi connectivity index (χ1n) is 16.7. The lowest BCUT2D eigenvalue weighted by atomic mass is 9.83. The third-order valence-electron chi connectivity index (χ3n) is 10.6. The number of ether oxygens (including phenoxy) is 2. The van der Waals surface area contributed by atoms with Crippen molar-refractivity contribution in [1.29, 1.82) is 0 Å². The van der Waals surface area contributed by atoms with Crippen molar-refractivity contribution in [2.75, 3.05) is 14.2 Å². The molecule has 6 heteroatoms. The predicted molar refractivity (Wildman–Crippen MR) is 200 cm³/mol. The fourth-order valence-corrected chi connectivity index (χ4v) is 9.78. The van der Waals surface area contributed by atoms with Crippen molar-refractivity contribution in [3.8, 4) is 39.4 Å². The van der Waals surface area contributed by atoms with E-state index >= 15 is 0 Å². The highest BCUT2D eigenvalue weighted by Crippen LogP contribution is 2.45. The van der Waals surface area contributed by atoms with Crippen LogP contribution in [0.15, 0.2) is 137 Å². The summed E-state index contributed by atoms with van der Waals surface area (Å²) in [5, 5.41) is 4.67. The molecule has 5 nitrogen and oxygen atoms in total. The number of fused-ring (bicyclic) bond motifs is 9. The number of rotatable bonds is 4. The van der Waals surface area contributed by atoms with Gasteiger partial charge in [0, 0.05) is 27.6 Å². The van der Waals surface area contributed by atoms with Gasteiger partial charge in [-0.2, -0.15) is 0 Å². The monoisotopic (exact) mass is 669 g/mol. The zero-order chi connectivity index (χ0) is 33.7. The first-order chi connectivity index (χ1) is 24.4. The molecule has 0 saturated heterocycles. The van der Waals surface area contributed by atoms with Gasteiger partial charge >= 0.3 is 0 Å². The van der Waals surface area contributed by atoms with E-state index in [0.29, 0.717) is 9.79 Å². The Morgan fingerprint density at radius 1 is 0.520 bits per heavy atom. The van der Waals surface area contributed by atoms with E-state index < -0.39 is 9.84 Å². The summed E-state index contributed by atoms with van der Waals surface area (Å²) in [4.78, 5) is 0.785. The molecule has 1 aromatic heterocycles. The number of hydrogen-bond donors (Lipinski definition) is 0. The minimum absolute atomic E-state index is 0.392. The molecule has 1 aliphatic carbocycles. The first-order valence-corrected chi connectivity index (χ1v) is 18.2. The van der Waals surface area contributed by atoms with E-state index in [-0.39, 0.29) is 0 Å². The van der Waals surface area contributed by atoms with Gasteiger partial charge in [-0.1, -0.05) is 60.7 Å². The van der Waals surface area contributed by atoms with E-state index in [9.17, 15) is 8.42 Å². The zero-order valence-electron chi connectivity index (χ0n) is 27.5. The van der Waals surface area contributed by atoms with E-state index in [2.05, 4.69) is 77.4 Å². The zero-order valence-corrected chi connectivity index (χ0v) is 28.3. The van der Waals surface area contributed by atoms with Crippen LogP contribution in [0.5, 0.6) is 11.5 Å². The van der Waals surface area contributed by atoms with Gasteiger partial charge in [-0.3, -0.25) is 0 Å². The Labute approximate surface area is 289 Å². The van der Waals surface area contributed by atoms with Crippen LogP contribution in [0, 0.1) is 0 Å². The maximum absolute atomic E-state index is 13.1. The summed E-state index contributed by atoms with van der Waals surface area (Å²) in [6.07, 6.45) is 1.73. The molecule has 0 atom stereocenters. The highest BCUT2D eigenvalue weighted by Gasteiger charge is 2.32. The molecule has 0 saturated carbocycles. The first kappa shape index (κ1) is 29.1. The predicted octanol–water partition coefficient (Wildman–Crippen LogP) is 9.93. The van der Waals surface area contributed by atoms with Crippen molar-refractivity contribution in [3.05, 3.63) is 150 Å². The van der Waals surface area contributed by atoms with Gasteiger partial charge in [0.1, 0.15) is 11.5 Å². The van der Waals surface area contributed by atoms with E-state index in [1.807, 2.05) is 36.4 Å². The fourth-order valence-electron chi connectivity index (χ4n) is 8.11. The van der Waals surface area contributed by atoms with E-state index in [0.717, 1.165) is 74.1 Å². The molecular formula is C44H31NO4S. The summed E-state index contributed by atoms with van der Waals surface area (Å²) >= 11 is 0. The highest BCUT2D eigenvalue weighted by atomic mass is 32.2. The number of benzene rings is 7. The van der Waals surface area contributed by atoms with Crippen LogP contribution < -0.4 is 9.47 Å². The van der Waals surface area contributed by atoms with Gasteiger partial charge in [-0.25, -0.2) is 8.42 Å². The standard InChI is InChI=1S/C44H31NO4S/c1-48-35-12-14-41-38(24-35)39-25-36(49-2)13-15-42(39)45(41)34-11-9-28-19-31-20-30-17-26(7-8-27(30)18-32(31)21-33(28)22-34)29-10-16-44-40(23-29)37-5-3-4-6-43(37)50(44,46)47/h3-17,19,21-25H,18,20H2,1-2H3. The summed E-state index contributed by atoms with van der Waals surface area (Å²) in [7, 11) is -0.0805. The smallest absolute Gasteiger partial charge is 0.207 e. The third kappa shape index (κ3) is 4.21. The lowest BCUT2D eigenvalue weighted by molar-refractivity contribution is 0.415. The van der Waals surface area contributed by atoms with Gasteiger partial charge in [0.05, 0.1) is 35.0 Å². The van der Waals surface area contributed by atoms with Gasteiger partial charge in [-0.15, -0.1) is 0 Å².